The molecule has 0 radical (unpaired) electrons. The van der Waals surface area contributed by atoms with Crippen molar-refractivity contribution >= 4 is 23.4 Å². The van der Waals surface area contributed by atoms with E-state index in [0.717, 1.165) is 0 Å². The van der Waals surface area contributed by atoms with Crippen LogP contribution in [0.5, 0.6) is 0 Å². The highest BCUT2D eigenvalue weighted by molar-refractivity contribution is 6.35. The lowest BCUT2D eigenvalue weighted by Crippen LogP contribution is -2.18. The minimum atomic E-state index is -1.36. The Balaban J connectivity index is 3.48. The molecule has 0 fully saturated rings. The zero-order valence-corrected chi connectivity index (χ0v) is 6.42. The van der Waals surface area contributed by atoms with Gasteiger partial charge in [0.25, 0.3) is 0 Å². The Kier molecular flexibility index (Phi) is 2.01. The van der Waals surface area contributed by atoms with Crippen LogP contribution in [-0.2, 0) is 0 Å². The van der Waals surface area contributed by atoms with Crippen molar-refractivity contribution in [2.24, 2.45) is 0 Å². The van der Waals surface area contributed by atoms with E-state index in [0.29, 0.717) is 0 Å². The highest BCUT2D eigenvalue weighted by atomic mass is 35.5. The first-order valence-corrected chi connectivity index (χ1v) is 3.18. The summed E-state index contributed by atoms with van der Waals surface area (Å²) >= 11 is 5.42. The molecule has 0 aliphatic rings. The molecule has 1 aromatic heterocycles. The number of carboxylic acid groups (broad SMARTS) is 1. The number of anilines is 1. The summed E-state index contributed by atoms with van der Waals surface area (Å²) in [5.41, 5.74) is 3.84. The maximum atomic E-state index is 10.6. The SMILES string of the molecule is Nc1nc(=O)[nH]c(C(=O)O)c1Cl. The van der Waals surface area contributed by atoms with E-state index in [-0.39, 0.29) is 10.8 Å². The molecule has 7 heteroatoms. The zero-order chi connectivity index (χ0) is 9.30. The van der Waals surface area contributed by atoms with Gasteiger partial charge in [-0.25, -0.2) is 9.59 Å². The Labute approximate surface area is 71.0 Å². The first-order chi connectivity index (χ1) is 5.52. The molecule has 0 saturated carbocycles. The van der Waals surface area contributed by atoms with Crippen LogP contribution >= 0.6 is 11.6 Å². The Morgan fingerprint density at radius 1 is 1.67 bits per heavy atom. The number of nitrogen functional groups attached to an aromatic ring is 1. The molecule has 0 amide bonds. The monoisotopic (exact) mass is 189 g/mol. The number of nitrogens with two attached hydrogens (primary N) is 1. The average molecular weight is 190 g/mol. The second-order valence-corrected chi connectivity index (χ2v) is 2.30. The normalized spacial score (nSPS) is 9.75. The molecule has 0 aromatic carbocycles. The largest absolute Gasteiger partial charge is 0.477 e. The fraction of sp³-hybridized carbons (Fsp3) is 0. The molecule has 0 bridgehead atoms. The highest BCUT2D eigenvalue weighted by Gasteiger charge is 2.13. The second-order valence-electron chi connectivity index (χ2n) is 1.92. The maximum Gasteiger partial charge on any atom is 0.354 e. The van der Waals surface area contributed by atoms with Crippen LogP contribution in [0, 0.1) is 0 Å². The van der Waals surface area contributed by atoms with E-state index in [9.17, 15) is 9.59 Å². The summed E-state index contributed by atoms with van der Waals surface area (Å²) in [5, 5.41) is 8.21. The third kappa shape index (κ3) is 1.37. The molecule has 64 valence electrons. The lowest BCUT2D eigenvalue weighted by Gasteiger charge is -1.98. The van der Waals surface area contributed by atoms with Crippen molar-refractivity contribution in [3.8, 4) is 0 Å². The van der Waals surface area contributed by atoms with E-state index in [2.05, 4.69) is 4.98 Å². The standard InChI is InChI=1S/C5H4ClN3O3/c6-1-2(4(10)11)8-5(12)9-3(1)7/h(H,10,11)(H3,7,8,9,12). The van der Waals surface area contributed by atoms with Crippen LogP contribution in [0.15, 0.2) is 4.79 Å². The Bertz CT molecular complexity index is 386. The molecule has 12 heavy (non-hydrogen) atoms. The van der Waals surface area contributed by atoms with Crippen molar-refractivity contribution in [2.45, 2.75) is 0 Å². The molecule has 6 nitrogen and oxygen atoms in total. The molecule has 0 unspecified atom stereocenters. The molecule has 0 aliphatic heterocycles. The Morgan fingerprint density at radius 3 is 2.75 bits per heavy atom. The number of nitrogens with one attached hydrogen (secondary N) is 1. The van der Waals surface area contributed by atoms with Gasteiger partial charge < -0.3 is 10.8 Å². The number of halogens is 1. The number of H-pyrrole nitrogens is 1. The molecule has 1 heterocycles. The smallest absolute Gasteiger partial charge is 0.354 e. The van der Waals surface area contributed by atoms with Gasteiger partial charge >= 0.3 is 11.7 Å². The summed E-state index contributed by atoms with van der Waals surface area (Å²) in [4.78, 5) is 26.1. The maximum absolute atomic E-state index is 10.6. The van der Waals surface area contributed by atoms with E-state index < -0.39 is 17.4 Å². The van der Waals surface area contributed by atoms with Crippen molar-refractivity contribution in [3.05, 3.63) is 21.2 Å². The molecular weight excluding hydrogens is 186 g/mol. The Hall–Kier alpha value is -1.56. The highest BCUT2D eigenvalue weighted by Crippen LogP contribution is 2.16. The molecule has 0 saturated heterocycles. The molecule has 1 rings (SSSR count). The van der Waals surface area contributed by atoms with E-state index in [4.69, 9.17) is 22.4 Å². The average Bonchev–Trinajstić information content (AvgIpc) is 1.96. The number of aromatic nitrogens is 2. The van der Waals surface area contributed by atoms with Crippen molar-refractivity contribution in [3.63, 3.8) is 0 Å². The number of aromatic carboxylic acids is 1. The van der Waals surface area contributed by atoms with Crippen LogP contribution in [0.3, 0.4) is 0 Å². The third-order valence-corrected chi connectivity index (χ3v) is 1.49. The van der Waals surface area contributed by atoms with Crippen LogP contribution in [0.1, 0.15) is 10.5 Å². The van der Waals surface area contributed by atoms with Crippen LogP contribution in [0.4, 0.5) is 5.82 Å². The van der Waals surface area contributed by atoms with Gasteiger partial charge in [0.1, 0.15) is 10.8 Å². The predicted octanol–water partition coefficient (Wildman–Crippen LogP) is -0.296. The van der Waals surface area contributed by atoms with Gasteiger partial charge in [-0.1, -0.05) is 11.6 Å². The Morgan fingerprint density at radius 2 is 2.25 bits per heavy atom. The fourth-order valence-corrected chi connectivity index (χ4v) is 0.794. The van der Waals surface area contributed by atoms with Crippen molar-refractivity contribution in [1.82, 2.24) is 9.97 Å². The zero-order valence-electron chi connectivity index (χ0n) is 5.67. The van der Waals surface area contributed by atoms with Gasteiger partial charge in [0.05, 0.1) is 0 Å². The summed E-state index contributed by atoms with van der Waals surface area (Å²) < 4.78 is 0. The molecule has 1 aromatic rings. The molecule has 0 spiro atoms. The van der Waals surface area contributed by atoms with E-state index in [1.165, 1.54) is 0 Å². The lowest BCUT2D eigenvalue weighted by molar-refractivity contribution is 0.0690. The topological polar surface area (TPSA) is 109 Å². The van der Waals surface area contributed by atoms with E-state index in [1.54, 1.807) is 0 Å². The number of hydrogen-bond acceptors (Lipinski definition) is 4. The number of aromatic amines is 1. The number of rotatable bonds is 1. The minimum absolute atomic E-state index is 0.262. The van der Waals surface area contributed by atoms with Gasteiger partial charge in [0, 0.05) is 0 Å². The fourth-order valence-electron chi connectivity index (χ4n) is 0.624. The van der Waals surface area contributed by atoms with Crippen LogP contribution in [-0.4, -0.2) is 21.0 Å². The van der Waals surface area contributed by atoms with Crippen LogP contribution in [0.2, 0.25) is 5.02 Å². The van der Waals surface area contributed by atoms with Crippen LogP contribution < -0.4 is 11.4 Å². The summed E-state index contributed by atoms with van der Waals surface area (Å²) in [6, 6.07) is 0. The molecule has 4 N–H and O–H groups in total. The van der Waals surface area contributed by atoms with Gasteiger partial charge in [-0.3, -0.25) is 4.98 Å². The lowest BCUT2D eigenvalue weighted by atomic mass is 10.4. The second kappa shape index (κ2) is 2.82. The van der Waals surface area contributed by atoms with Gasteiger partial charge in [0.2, 0.25) is 0 Å². The number of nitrogens with zero attached hydrogens (tertiary/aromatic N) is 1. The summed E-state index contributed by atoms with van der Waals surface area (Å²) in [5.74, 6) is -1.65. The third-order valence-electron chi connectivity index (χ3n) is 1.11. The molecule has 0 aliphatic carbocycles. The van der Waals surface area contributed by atoms with Gasteiger partial charge in [0.15, 0.2) is 5.69 Å². The first kappa shape index (κ1) is 8.54. The van der Waals surface area contributed by atoms with E-state index in [1.807, 2.05) is 4.98 Å². The van der Waals surface area contributed by atoms with Crippen LogP contribution in [0.25, 0.3) is 0 Å². The number of carbonyl (C=O) groups is 1. The minimum Gasteiger partial charge on any atom is -0.477 e. The first-order valence-electron chi connectivity index (χ1n) is 2.81. The summed E-state index contributed by atoms with van der Waals surface area (Å²) in [6.45, 7) is 0. The molecule has 0 atom stereocenters. The quantitative estimate of drug-likeness (QED) is 0.562. The molecular formula is C5H4ClN3O3. The number of carboxylic acids is 1. The van der Waals surface area contributed by atoms with Crippen molar-refractivity contribution in [1.29, 1.82) is 0 Å². The van der Waals surface area contributed by atoms with Crippen molar-refractivity contribution < 1.29 is 9.90 Å². The van der Waals surface area contributed by atoms with Gasteiger partial charge in [-0.05, 0) is 0 Å². The van der Waals surface area contributed by atoms with Crippen molar-refractivity contribution in [2.75, 3.05) is 5.73 Å². The predicted molar refractivity (Wildman–Crippen MR) is 41.2 cm³/mol. The van der Waals surface area contributed by atoms with Gasteiger partial charge in [-0.15, -0.1) is 0 Å². The summed E-state index contributed by atoms with van der Waals surface area (Å²) in [7, 11) is 0. The van der Waals surface area contributed by atoms with E-state index >= 15 is 0 Å². The number of hydrogen-bond donors (Lipinski definition) is 3. The summed E-state index contributed by atoms with van der Waals surface area (Å²) in [6.07, 6.45) is 0. The van der Waals surface area contributed by atoms with Gasteiger partial charge in [-0.2, -0.15) is 4.98 Å².